The maximum atomic E-state index is 13.0. The Morgan fingerprint density at radius 3 is 2.04 bits per heavy atom. The van der Waals surface area contributed by atoms with Crippen molar-refractivity contribution in [3.8, 4) is 11.5 Å². The van der Waals surface area contributed by atoms with Crippen LogP contribution in [0.25, 0.3) is 0 Å². The molecule has 0 aliphatic heterocycles. The summed E-state index contributed by atoms with van der Waals surface area (Å²) in [6, 6.07) is 5.58. The Kier molecular flexibility index (Phi) is 4.10. The standard InChI is InChI=1S/C18H19N3O4/c1-21(2)8-7-20-10-4-3-9(19)13-14(10)18(25)16-12(23)6-5-11(22)15(16)17(13)24/h3-6,20,22-23H,7-8,19H2,1-2H3/p+1. The number of benzene rings is 2. The first-order valence-corrected chi connectivity index (χ1v) is 7.92. The molecule has 7 heteroatoms. The van der Waals surface area contributed by atoms with E-state index in [1.807, 2.05) is 14.1 Å². The van der Waals surface area contributed by atoms with Gasteiger partial charge in [0.15, 0.2) is 0 Å². The minimum Gasteiger partial charge on any atom is -0.507 e. The average Bonchev–Trinajstić information content (AvgIpc) is 2.55. The van der Waals surface area contributed by atoms with Crippen LogP contribution in [0.2, 0.25) is 0 Å². The van der Waals surface area contributed by atoms with Crippen molar-refractivity contribution in [3.05, 3.63) is 46.5 Å². The normalized spacial score (nSPS) is 12.9. The van der Waals surface area contributed by atoms with Gasteiger partial charge in [-0.2, -0.15) is 0 Å². The zero-order valence-corrected chi connectivity index (χ0v) is 14.0. The van der Waals surface area contributed by atoms with Crippen LogP contribution in [-0.4, -0.2) is 49.0 Å². The molecule has 0 bridgehead atoms. The predicted molar refractivity (Wildman–Crippen MR) is 93.7 cm³/mol. The van der Waals surface area contributed by atoms with Crippen LogP contribution in [0.1, 0.15) is 31.8 Å². The number of hydrogen-bond acceptors (Lipinski definition) is 6. The molecule has 25 heavy (non-hydrogen) atoms. The van der Waals surface area contributed by atoms with E-state index < -0.39 is 11.6 Å². The van der Waals surface area contributed by atoms with E-state index in [0.29, 0.717) is 12.2 Å². The van der Waals surface area contributed by atoms with Gasteiger partial charge in [0.05, 0.1) is 49.4 Å². The van der Waals surface area contributed by atoms with Crippen LogP contribution in [-0.2, 0) is 0 Å². The molecule has 7 nitrogen and oxygen atoms in total. The monoisotopic (exact) mass is 342 g/mol. The van der Waals surface area contributed by atoms with Crippen LogP contribution >= 0.6 is 0 Å². The van der Waals surface area contributed by atoms with Crippen molar-refractivity contribution < 1.29 is 24.7 Å². The summed E-state index contributed by atoms with van der Waals surface area (Å²) in [5.74, 6) is -1.81. The first kappa shape index (κ1) is 16.8. The van der Waals surface area contributed by atoms with Gasteiger partial charge in [-0.3, -0.25) is 9.59 Å². The summed E-state index contributed by atoms with van der Waals surface area (Å²) in [5.41, 5.74) is 6.37. The number of aromatic hydroxyl groups is 2. The second-order valence-corrected chi connectivity index (χ2v) is 6.35. The summed E-state index contributed by atoms with van der Waals surface area (Å²) in [5, 5.41) is 23.2. The van der Waals surface area contributed by atoms with Gasteiger partial charge in [-0.15, -0.1) is 0 Å². The summed E-state index contributed by atoms with van der Waals surface area (Å²) >= 11 is 0. The molecule has 0 saturated heterocycles. The summed E-state index contributed by atoms with van der Waals surface area (Å²) in [4.78, 5) is 27.0. The fourth-order valence-corrected chi connectivity index (χ4v) is 2.98. The molecule has 0 heterocycles. The number of nitrogens with two attached hydrogens (primary N) is 1. The maximum Gasteiger partial charge on any atom is 0.200 e. The van der Waals surface area contributed by atoms with E-state index >= 15 is 0 Å². The summed E-state index contributed by atoms with van der Waals surface area (Å²) in [6.45, 7) is 1.41. The Hall–Kier alpha value is -3.06. The van der Waals surface area contributed by atoms with E-state index in [1.54, 1.807) is 12.1 Å². The van der Waals surface area contributed by atoms with Crippen LogP contribution in [0.5, 0.6) is 11.5 Å². The second kappa shape index (κ2) is 6.10. The topological polar surface area (TPSA) is 117 Å². The number of carbonyl (C=O) groups is 2. The lowest BCUT2D eigenvalue weighted by molar-refractivity contribution is -0.856. The number of fused-ring (bicyclic) bond motifs is 2. The summed E-state index contributed by atoms with van der Waals surface area (Å²) in [7, 11) is 4.01. The zero-order chi connectivity index (χ0) is 18.3. The maximum absolute atomic E-state index is 13.0. The third-order valence-corrected chi connectivity index (χ3v) is 4.25. The van der Waals surface area contributed by atoms with Gasteiger partial charge in [0, 0.05) is 11.4 Å². The lowest BCUT2D eigenvalue weighted by atomic mass is 9.81. The molecule has 0 amide bonds. The first-order chi connectivity index (χ1) is 11.8. The van der Waals surface area contributed by atoms with Crippen LogP contribution in [0, 0.1) is 0 Å². The molecule has 0 saturated carbocycles. The number of nitrogen functional groups attached to an aromatic ring is 1. The number of phenolic OH excluding ortho intramolecular Hbond substituents is 2. The molecular formula is C18H20N3O4+. The summed E-state index contributed by atoms with van der Waals surface area (Å²) in [6.07, 6.45) is 0. The van der Waals surface area contributed by atoms with Crippen LogP contribution in [0.15, 0.2) is 24.3 Å². The Balaban J connectivity index is 2.16. The van der Waals surface area contributed by atoms with Crippen LogP contribution < -0.4 is 16.0 Å². The average molecular weight is 342 g/mol. The fourth-order valence-electron chi connectivity index (χ4n) is 2.98. The molecule has 2 aromatic carbocycles. The molecule has 1 aliphatic carbocycles. The first-order valence-electron chi connectivity index (χ1n) is 7.92. The molecule has 0 aromatic heterocycles. The Bertz CT molecular complexity index is 890. The van der Waals surface area contributed by atoms with Crippen LogP contribution in [0.4, 0.5) is 11.4 Å². The predicted octanol–water partition coefficient (Wildman–Crippen LogP) is 0.0118. The number of likely N-dealkylation sites (N-methyl/N-ethyl adjacent to an activating group) is 1. The smallest absolute Gasteiger partial charge is 0.200 e. The van der Waals surface area contributed by atoms with Gasteiger partial charge >= 0.3 is 0 Å². The van der Waals surface area contributed by atoms with Crippen molar-refractivity contribution in [2.45, 2.75) is 0 Å². The van der Waals surface area contributed by atoms with Gasteiger partial charge < -0.3 is 26.2 Å². The second-order valence-electron chi connectivity index (χ2n) is 6.35. The molecular weight excluding hydrogens is 322 g/mol. The van der Waals surface area contributed by atoms with Crippen molar-refractivity contribution in [2.24, 2.45) is 0 Å². The minimum atomic E-state index is -0.572. The van der Waals surface area contributed by atoms with Gasteiger partial charge in [0.25, 0.3) is 0 Å². The molecule has 0 fully saturated rings. The van der Waals surface area contributed by atoms with Gasteiger partial charge in [0.2, 0.25) is 11.6 Å². The van der Waals surface area contributed by atoms with E-state index in [9.17, 15) is 19.8 Å². The highest BCUT2D eigenvalue weighted by molar-refractivity contribution is 6.33. The van der Waals surface area contributed by atoms with E-state index in [4.69, 9.17) is 5.73 Å². The molecule has 130 valence electrons. The largest absolute Gasteiger partial charge is 0.507 e. The number of quaternary nitrogens is 1. The quantitative estimate of drug-likeness (QED) is 0.337. The highest BCUT2D eigenvalue weighted by atomic mass is 16.3. The van der Waals surface area contributed by atoms with Crippen molar-refractivity contribution in [3.63, 3.8) is 0 Å². The lowest BCUT2D eigenvalue weighted by Gasteiger charge is -2.23. The number of nitrogens with one attached hydrogen (secondary N) is 2. The van der Waals surface area contributed by atoms with Crippen molar-refractivity contribution in [2.75, 3.05) is 38.2 Å². The number of carbonyl (C=O) groups excluding carboxylic acids is 2. The number of hydrogen-bond donors (Lipinski definition) is 5. The zero-order valence-electron chi connectivity index (χ0n) is 14.0. The van der Waals surface area contributed by atoms with E-state index in [-0.39, 0.29) is 39.4 Å². The number of anilines is 2. The summed E-state index contributed by atoms with van der Waals surface area (Å²) < 4.78 is 0. The van der Waals surface area contributed by atoms with Gasteiger partial charge in [-0.05, 0) is 24.3 Å². The third-order valence-electron chi connectivity index (χ3n) is 4.25. The highest BCUT2D eigenvalue weighted by Crippen LogP contribution is 2.41. The molecule has 0 spiro atoms. The molecule has 0 atom stereocenters. The molecule has 3 rings (SSSR count). The van der Waals surface area contributed by atoms with Crippen molar-refractivity contribution >= 4 is 22.9 Å². The molecule has 6 N–H and O–H groups in total. The van der Waals surface area contributed by atoms with E-state index in [2.05, 4.69) is 5.32 Å². The SMILES string of the molecule is C[NH+](C)CCNc1ccc(N)c2c1C(=O)c1c(O)ccc(O)c1C2=O. The lowest BCUT2D eigenvalue weighted by Crippen LogP contribution is -3.06. The van der Waals surface area contributed by atoms with E-state index in [1.165, 1.54) is 17.0 Å². The molecule has 0 radical (unpaired) electrons. The molecule has 1 aliphatic rings. The van der Waals surface area contributed by atoms with Gasteiger partial charge in [-0.25, -0.2) is 0 Å². The fraction of sp³-hybridized carbons (Fsp3) is 0.222. The Morgan fingerprint density at radius 1 is 0.920 bits per heavy atom. The number of ketones is 2. The third kappa shape index (κ3) is 2.68. The van der Waals surface area contributed by atoms with Gasteiger partial charge in [0.1, 0.15) is 11.5 Å². The van der Waals surface area contributed by atoms with Crippen LogP contribution in [0.3, 0.4) is 0 Å². The van der Waals surface area contributed by atoms with Crippen molar-refractivity contribution in [1.82, 2.24) is 0 Å². The minimum absolute atomic E-state index is 0.0561. The highest BCUT2D eigenvalue weighted by Gasteiger charge is 2.37. The Morgan fingerprint density at radius 2 is 1.48 bits per heavy atom. The van der Waals surface area contributed by atoms with Gasteiger partial charge in [-0.1, -0.05) is 0 Å². The van der Waals surface area contributed by atoms with E-state index in [0.717, 1.165) is 6.54 Å². The number of phenols is 2. The molecule has 0 unspecified atom stereocenters. The van der Waals surface area contributed by atoms with Crippen molar-refractivity contribution in [1.29, 1.82) is 0 Å². The number of rotatable bonds is 4. The molecule has 2 aromatic rings. The Labute approximate surface area is 144 Å².